The van der Waals surface area contributed by atoms with E-state index in [1.165, 1.54) is 18.5 Å². The molecule has 0 saturated carbocycles. The van der Waals surface area contributed by atoms with Crippen LogP contribution in [0.5, 0.6) is 11.5 Å². The molecule has 0 bridgehead atoms. The number of rotatable bonds is 4. The Labute approximate surface area is 115 Å². The summed E-state index contributed by atoms with van der Waals surface area (Å²) in [6, 6.07) is 9.99. The summed E-state index contributed by atoms with van der Waals surface area (Å²) in [5.41, 5.74) is 0.527. The Balaban J connectivity index is 2.20. The minimum Gasteiger partial charge on any atom is -0.505 e. The Bertz CT molecular complexity index is 665. The summed E-state index contributed by atoms with van der Waals surface area (Å²) in [5, 5.41) is 20.7. The number of nitrogens with one attached hydrogen (secondary N) is 1. The molecule has 100 valence electrons. The highest BCUT2D eigenvalue weighted by Gasteiger charge is 2.13. The molecule has 1 heterocycles. The summed E-state index contributed by atoms with van der Waals surface area (Å²) in [4.78, 5) is 15.7. The summed E-state index contributed by atoms with van der Waals surface area (Å²) >= 11 is 0. The van der Waals surface area contributed by atoms with Gasteiger partial charge in [0, 0.05) is 6.20 Å². The lowest BCUT2D eigenvalue weighted by Gasteiger charge is -2.11. The van der Waals surface area contributed by atoms with Crippen molar-refractivity contribution in [3.05, 3.63) is 48.3 Å². The predicted octanol–water partition coefficient (Wildman–Crippen LogP) is 1.94. The highest BCUT2D eigenvalue weighted by Crippen LogP contribution is 2.25. The number of ether oxygens (including phenoxy) is 1. The van der Waals surface area contributed by atoms with Gasteiger partial charge in [-0.1, -0.05) is 12.1 Å². The normalized spacial score (nSPS) is 9.55. The quantitative estimate of drug-likeness (QED) is 0.884. The fraction of sp³-hybridized carbons (Fsp3) is 0.0714. The molecule has 6 heteroatoms. The van der Waals surface area contributed by atoms with Gasteiger partial charge in [-0.15, -0.1) is 0 Å². The molecule has 2 rings (SSSR count). The van der Waals surface area contributed by atoms with Crippen LogP contribution >= 0.6 is 0 Å². The largest absolute Gasteiger partial charge is 0.505 e. The second kappa shape index (κ2) is 6.20. The molecule has 0 aliphatic rings. The smallest absolute Gasteiger partial charge is 0.259 e. The number of carbonyl (C=O) groups is 1. The molecule has 0 saturated heterocycles. The number of amides is 1. The van der Waals surface area contributed by atoms with Crippen LogP contribution in [0.4, 0.5) is 5.69 Å². The van der Waals surface area contributed by atoms with Gasteiger partial charge in [-0.3, -0.25) is 9.78 Å². The van der Waals surface area contributed by atoms with E-state index in [2.05, 4.69) is 10.3 Å². The maximum absolute atomic E-state index is 12.0. The summed E-state index contributed by atoms with van der Waals surface area (Å²) in [6.45, 7) is -0.118. The SMILES string of the molecule is N#CCOc1ccccc1NC(=O)c1ccncc1O. The molecule has 0 spiro atoms. The Morgan fingerprint density at radius 2 is 2.20 bits per heavy atom. The van der Waals surface area contributed by atoms with Crippen LogP contribution in [0.15, 0.2) is 42.7 Å². The Morgan fingerprint density at radius 3 is 2.95 bits per heavy atom. The zero-order chi connectivity index (χ0) is 14.4. The van der Waals surface area contributed by atoms with E-state index in [4.69, 9.17) is 10.00 Å². The van der Waals surface area contributed by atoms with E-state index in [0.29, 0.717) is 11.4 Å². The lowest BCUT2D eigenvalue weighted by Crippen LogP contribution is -2.13. The molecular formula is C14H11N3O3. The predicted molar refractivity (Wildman–Crippen MR) is 71.4 cm³/mol. The van der Waals surface area contributed by atoms with Crippen molar-refractivity contribution in [2.24, 2.45) is 0 Å². The average Bonchev–Trinajstić information content (AvgIpc) is 2.46. The number of nitrogens with zero attached hydrogens (tertiary/aromatic N) is 2. The van der Waals surface area contributed by atoms with Crippen molar-refractivity contribution >= 4 is 11.6 Å². The standard InChI is InChI=1S/C14H11N3O3/c15-6-8-20-13-4-2-1-3-11(13)17-14(19)10-5-7-16-9-12(10)18/h1-5,7,9,18H,8H2,(H,17,19). The number of hydrogen-bond donors (Lipinski definition) is 2. The number of hydrogen-bond acceptors (Lipinski definition) is 5. The van der Waals surface area contributed by atoms with E-state index in [9.17, 15) is 9.90 Å². The first kappa shape index (κ1) is 13.4. The molecular weight excluding hydrogens is 258 g/mol. The van der Waals surface area contributed by atoms with Gasteiger partial charge in [0.2, 0.25) is 0 Å². The van der Waals surface area contributed by atoms with Crippen LogP contribution < -0.4 is 10.1 Å². The number of carbonyl (C=O) groups excluding carboxylic acids is 1. The lowest BCUT2D eigenvalue weighted by molar-refractivity contribution is 0.102. The molecule has 20 heavy (non-hydrogen) atoms. The van der Waals surface area contributed by atoms with Crippen molar-refractivity contribution in [1.82, 2.24) is 4.98 Å². The molecule has 6 nitrogen and oxygen atoms in total. The van der Waals surface area contributed by atoms with Gasteiger partial charge in [-0.05, 0) is 18.2 Å². The monoisotopic (exact) mass is 269 g/mol. The number of aromatic nitrogens is 1. The van der Waals surface area contributed by atoms with Gasteiger partial charge >= 0.3 is 0 Å². The number of pyridine rings is 1. The molecule has 1 amide bonds. The van der Waals surface area contributed by atoms with Crippen molar-refractivity contribution in [2.45, 2.75) is 0 Å². The van der Waals surface area contributed by atoms with Crippen molar-refractivity contribution in [1.29, 1.82) is 5.26 Å². The first-order chi connectivity index (χ1) is 9.72. The molecule has 1 aromatic heterocycles. The molecule has 0 unspecified atom stereocenters. The van der Waals surface area contributed by atoms with Crippen LogP contribution in [-0.2, 0) is 0 Å². The number of anilines is 1. The van der Waals surface area contributed by atoms with E-state index >= 15 is 0 Å². The van der Waals surface area contributed by atoms with Crippen molar-refractivity contribution in [2.75, 3.05) is 11.9 Å². The topological polar surface area (TPSA) is 95.2 Å². The molecule has 2 N–H and O–H groups in total. The first-order valence-corrected chi connectivity index (χ1v) is 5.75. The van der Waals surface area contributed by atoms with Crippen molar-refractivity contribution < 1.29 is 14.6 Å². The summed E-state index contributed by atoms with van der Waals surface area (Å²) in [7, 11) is 0. The number of aromatic hydroxyl groups is 1. The van der Waals surface area contributed by atoms with Crippen LogP contribution in [0.1, 0.15) is 10.4 Å². The van der Waals surface area contributed by atoms with Gasteiger partial charge in [0.25, 0.3) is 5.91 Å². The van der Waals surface area contributed by atoms with E-state index in [1.54, 1.807) is 24.3 Å². The third kappa shape index (κ3) is 3.03. The molecule has 2 aromatic rings. The number of nitriles is 1. The van der Waals surface area contributed by atoms with Gasteiger partial charge in [0.1, 0.15) is 17.6 Å². The third-order valence-corrected chi connectivity index (χ3v) is 2.47. The first-order valence-electron chi connectivity index (χ1n) is 5.75. The summed E-state index contributed by atoms with van der Waals surface area (Å²) < 4.78 is 5.20. The zero-order valence-electron chi connectivity index (χ0n) is 10.4. The second-order valence-electron chi connectivity index (χ2n) is 3.79. The minimum absolute atomic E-state index is 0.107. The molecule has 0 fully saturated rings. The van der Waals surface area contributed by atoms with Gasteiger partial charge in [0.05, 0.1) is 17.4 Å². The van der Waals surface area contributed by atoms with E-state index < -0.39 is 5.91 Å². The second-order valence-corrected chi connectivity index (χ2v) is 3.79. The Kier molecular flexibility index (Phi) is 4.14. The number of para-hydroxylation sites is 2. The number of benzene rings is 1. The maximum atomic E-state index is 12.0. The molecule has 0 radical (unpaired) electrons. The van der Waals surface area contributed by atoms with Crippen LogP contribution in [-0.4, -0.2) is 22.6 Å². The van der Waals surface area contributed by atoms with E-state index in [-0.39, 0.29) is 17.9 Å². The molecule has 1 aromatic carbocycles. The minimum atomic E-state index is -0.488. The lowest BCUT2D eigenvalue weighted by atomic mass is 10.2. The third-order valence-electron chi connectivity index (χ3n) is 2.47. The summed E-state index contributed by atoms with van der Waals surface area (Å²) in [5.74, 6) is -0.311. The highest BCUT2D eigenvalue weighted by molar-refractivity contribution is 6.06. The molecule has 0 aliphatic carbocycles. The summed E-state index contributed by atoms with van der Waals surface area (Å²) in [6.07, 6.45) is 2.60. The van der Waals surface area contributed by atoms with Crippen molar-refractivity contribution in [3.8, 4) is 17.6 Å². The van der Waals surface area contributed by atoms with Crippen molar-refractivity contribution in [3.63, 3.8) is 0 Å². The highest BCUT2D eigenvalue weighted by atomic mass is 16.5. The van der Waals surface area contributed by atoms with Crippen LogP contribution in [0.2, 0.25) is 0 Å². The zero-order valence-corrected chi connectivity index (χ0v) is 10.4. The Hall–Kier alpha value is -3.07. The van der Waals surface area contributed by atoms with Crippen LogP contribution in [0.3, 0.4) is 0 Å². The maximum Gasteiger partial charge on any atom is 0.259 e. The van der Waals surface area contributed by atoms with Gasteiger partial charge in [-0.25, -0.2) is 0 Å². The van der Waals surface area contributed by atoms with Gasteiger partial charge < -0.3 is 15.2 Å². The fourth-order valence-electron chi connectivity index (χ4n) is 1.57. The average molecular weight is 269 g/mol. The fourth-order valence-corrected chi connectivity index (χ4v) is 1.57. The van der Waals surface area contributed by atoms with E-state index in [1.807, 2.05) is 6.07 Å². The van der Waals surface area contributed by atoms with Crippen LogP contribution in [0.25, 0.3) is 0 Å². The molecule has 0 aliphatic heterocycles. The van der Waals surface area contributed by atoms with Gasteiger partial charge in [0.15, 0.2) is 6.61 Å². The van der Waals surface area contributed by atoms with Crippen LogP contribution in [0, 0.1) is 11.3 Å². The van der Waals surface area contributed by atoms with Gasteiger partial charge in [-0.2, -0.15) is 5.26 Å². The molecule has 0 atom stereocenters. The Morgan fingerprint density at radius 1 is 1.40 bits per heavy atom. The van der Waals surface area contributed by atoms with E-state index in [0.717, 1.165) is 0 Å².